The number of aliphatic carboxylic acids is 1. The monoisotopic (exact) mass is 940 g/mol. The summed E-state index contributed by atoms with van der Waals surface area (Å²) in [5, 5.41) is 54.8. The van der Waals surface area contributed by atoms with E-state index in [1.807, 2.05) is 19.1 Å². The molecule has 66 heavy (non-hydrogen) atoms. The van der Waals surface area contributed by atoms with Crippen molar-refractivity contribution >= 4 is 35.5 Å². The fourth-order valence-corrected chi connectivity index (χ4v) is 11.7. The zero-order valence-corrected chi connectivity index (χ0v) is 38.6. The van der Waals surface area contributed by atoms with Gasteiger partial charge in [0, 0.05) is 41.7 Å². The number of esters is 3. The zero-order chi connectivity index (χ0) is 47.4. The number of aromatic hydroxyl groups is 1. The van der Waals surface area contributed by atoms with Crippen molar-refractivity contribution in [1.29, 1.82) is 0 Å². The van der Waals surface area contributed by atoms with Gasteiger partial charge in [-0.3, -0.25) is 4.79 Å². The highest BCUT2D eigenvalue weighted by atomic mass is 35.5. The van der Waals surface area contributed by atoms with Gasteiger partial charge < -0.3 is 58.7 Å². The molecule has 360 valence electrons. The maximum atomic E-state index is 14.7. The minimum Gasteiger partial charge on any atom is -0.507 e. The fraction of sp³-hybridized carbons (Fsp3) is 0.633. The molecule has 1 aromatic carbocycles. The largest absolute Gasteiger partial charge is 0.507 e. The number of carboxylic acid groups (broad SMARTS) is 1. The molecule has 4 heterocycles. The van der Waals surface area contributed by atoms with Crippen LogP contribution in [0.1, 0.15) is 108 Å². The summed E-state index contributed by atoms with van der Waals surface area (Å²) in [6.07, 6.45) is 6.30. The van der Waals surface area contributed by atoms with Crippen LogP contribution >= 0.6 is 11.6 Å². The molecule has 0 amide bonds. The molecular weight excluding hydrogens is 880 g/mol. The number of halogens is 1. The summed E-state index contributed by atoms with van der Waals surface area (Å²) in [5.74, 6) is -7.18. The lowest BCUT2D eigenvalue weighted by atomic mass is 9.55. The Morgan fingerprint density at radius 1 is 0.879 bits per heavy atom. The van der Waals surface area contributed by atoms with Crippen molar-refractivity contribution in [3.63, 3.8) is 0 Å². The molecule has 1 saturated carbocycles. The molecule has 2 bridgehead atoms. The number of phenols is 1. The molecule has 8 unspecified atom stereocenters. The number of allylic oxidation sites excluding steroid dienone is 2. The number of carbonyl (C=O) groups is 4. The average Bonchev–Trinajstić information content (AvgIpc) is 3.48. The van der Waals surface area contributed by atoms with Gasteiger partial charge in [-0.25, -0.2) is 14.4 Å². The number of carbonyl (C=O) groups excluding carboxylic acids is 3. The van der Waals surface area contributed by atoms with E-state index in [9.17, 15) is 44.7 Å². The van der Waals surface area contributed by atoms with Gasteiger partial charge in [0.15, 0.2) is 30.0 Å². The summed E-state index contributed by atoms with van der Waals surface area (Å²) >= 11 is 6.16. The number of aliphatic hydroxyl groups excluding tert-OH is 3. The number of benzene rings is 1. The highest BCUT2D eigenvalue weighted by Crippen LogP contribution is 2.55. The van der Waals surface area contributed by atoms with Crippen LogP contribution in [-0.2, 0) is 47.5 Å². The molecule has 16 nitrogen and oxygen atoms in total. The Morgan fingerprint density at radius 3 is 2.27 bits per heavy atom. The molecule has 16 atom stereocenters. The van der Waals surface area contributed by atoms with Crippen LogP contribution in [-0.4, -0.2) is 110 Å². The van der Waals surface area contributed by atoms with E-state index in [-0.39, 0.29) is 58.9 Å². The standard InChI is InChI=1S/C49H61ClO16/c1-23-22-49-28(19-30(23)44(55)56)12-9-7-6-8-11-27-15-16-29-31(48(27,5)47(59)65-42(43(49)54)46(58)66-49)13-10-14-36(29)62-37-20-34(52)40(25(3)60-37)63-38-21-35(53)41(26(4)61-38)64-45(57)39-24(2)32(50)17-18-33(39)51/h9,12,15-19,23,25-29,31,34-38,40-41,51-54H,6-8,10-11,13-14,20-22H2,1-5H3,(H,55,56)/b12-9+/t23-,25?,26?,27-,28-,29+,31-,34?,35?,36+,37?,38?,40?,41?,48-,49+/m1/s1. The Hall–Kier alpha value is -4.29. The second kappa shape index (κ2) is 19.0. The molecule has 1 spiro atoms. The maximum Gasteiger partial charge on any atom is 0.379 e. The summed E-state index contributed by atoms with van der Waals surface area (Å²) < 4.78 is 42.7. The summed E-state index contributed by atoms with van der Waals surface area (Å²) in [6, 6.07) is 2.75. The van der Waals surface area contributed by atoms with Gasteiger partial charge in [-0.1, -0.05) is 61.7 Å². The van der Waals surface area contributed by atoms with Crippen molar-refractivity contribution in [1.82, 2.24) is 0 Å². The molecule has 5 N–H and O–H groups in total. The highest BCUT2D eigenvalue weighted by molar-refractivity contribution is 6.32. The summed E-state index contributed by atoms with van der Waals surface area (Å²) in [5.41, 5.74) is -2.39. The van der Waals surface area contributed by atoms with E-state index in [2.05, 4.69) is 6.08 Å². The third-order valence-electron chi connectivity index (χ3n) is 15.2. The molecule has 8 rings (SSSR count). The highest BCUT2D eigenvalue weighted by Gasteiger charge is 2.60. The second-order valence-electron chi connectivity index (χ2n) is 19.4. The van der Waals surface area contributed by atoms with Crippen molar-refractivity contribution in [3.05, 3.63) is 75.8 Å². The summed E-state index contributed by atoms with van der Waals surface area (Å²) in [6.45, 7) is 8.49. The Balaban J connectivity index is 0.934. The van der Waals surface area contributed by atoms with Gasteiger partial charge in [-0.05, 0) is 95.2 Å². The molecule has 4 aliphatic heterocycles. The van der Waals surface area contributed by atoms with Crippen molar-refractivity contribution in [2.45, 2.75) is 160 Å². The van der Waals surface area contributed by atoms with E-state index in [1.54, 1.807) is 33.8 Å². The predicted molar refractivity (Wildman–Crippen MR) is 233 cm³/mol. The van der Waals surface area contributed by atoms with E-state index in [0.29, 0.717) is 37.7 Å². The number of hydrogen-bond donors (Lipinski definition) is 5. The van der Waals surface area contributed by atoms with Gasteiger partial charge in [0.05, 0.1) is 35.9 Å². The third kappa shape index (κ3) is 8.83. The zero-order valence-electron chi connectivity index (χ0n) is 37.8. The lowest BCUT2D eigenvalue weighted by Crippen LogP contribution is -2.56. The molecule has 3 fully saturated rings. The van der Waals surface area contributed by atoms with Crippen LogP contribution in [0.3, 0.4) is 0 Å². The van der Waals surface area contributed by atoms with Gasteiger partial charge in [0.25, 0.3) is 5.76 Å². The Bertz CT molecular complexity index is 2180. The van der Waals surface area contributed by atoms with Crippen LogP contribution < -0.4 is 0 Å². The number of phenolic OH excluding ortho intramolecular Hbond substituents is 1. The molecule has 0 aromatic heterocycles. The minimum absolute atomic E-state index is 0.0103. The lowest BCUT2D eigenvalue weighted by molar-refractivity contribution is -0.318. The first-order valence-electron chi connectivity index (χ1n) is 23.2. The quantitative estimate of drug-likeness (QED) is 0.109. The van der Waals surface area contributed by atoms with Crippen LogP contribution in [0, 0.1) is 41.9 Å². The van der Waals surface area contributed by atoms with Crippen LogP contribution in [0.2, 0.25) is 5.02 Å². The average molecular weight is 941 g/mol. The van der Waals surface area contributed by atoms with E-state index >= 15 is 0 Å². The Morgan fingerprint density at radius 2 is 1.58 bits per heavy atom. The molecule has 7 aliphatic rings. The minimum atomic E-state index is -1.62. The first-order valence-corrected chi connectivity index (χ1v) is 23.6. The van der Waals surface area contributed by atoms with Crippen LogP contribution in [0.4, 0.5) is 0 Å². The number of rotatable bonds is 7. The van der Waals surface area contributed by atoms with Gasteiger partial charge >= 0.3 is 23.9 Å². The molecule has 3 aliphatic carbocycles. The van der Waals surface area contributed by atoms with Crippen LogP contribution in [0.15, 0.2) is 59.6 Å². The number of carboxylic acids is 1. The predicted octanol–water partition coefficient (Wildman–Crippen LogP) is 6.66. The summed E-state index contributed by atoms with van der Waals surface area (Å²) in [4.78, 5) is 53.5. The number of ether oxygens (including phenoxy) is 7. The Kier molecular flexibility index (Phi) is 13.9. The number of aliphatic hydroxyl groups is 3. The third-order valence-corrected chi connectivity index (χ3v) is 15.6. The first-order chi connectivity index (χ1) is 31.3. The van der Waals surface area contributed by atoms with Crippen LogP contribution in [0.25, 0.3) is 0 Å². The second-order valence-corrected chi connectivity index (χ2v) is 19.8. The van der Waals surface area contributed by atoms with Crippen molar-refractivity contribution in [2.75, 3.05) is 0 Å². The molecule has 1 aromatic rings. The van der Waals surface area contributed by atoms with Crippen molar-refractivity contribution in [3.8, 4) is 5.75 Å². The normalized spacial score (nSPS) is 40.9. The fourth-order valence-electron chi connectivity index (χ4n) is 11.6. The number of fused-ring (bicyclic) bond motifs is 3. The molecule has 17 heteroatoms. The van der Waals surface area contributed by atoms with E-state index in [1.165, 1.54) is 18.2 Å². The lowest BCUT2D eigenvalue weighted by Gasteiger charge is -2.51. The van der Waals surface area contributed by atoms with E-state index in [0.717, 1.165) is 12.8 Å². The SMILES string of the molecule is Cc1c(Cl)ccc(O)c1C(=O)OC1C(O)CC(OC2C(O)CC(O[C@H]3CCC[C@@H]4[C@@H]3C=C[C@H]3CCCC/C=C/[C@@H]5C=C(C(=O)O)[C@H](C)C[C@]56OC(=O)C(=C6O)OC(=O)[C@@]43C)OC2C)OC1C. The molecule has 0 radical (unpaired) electrons. The van der Waals surface area contributed by atoms with E-state index in [4.69, 9.17) is 44.8 Å². The van der Waals surface area contributed by atoms with Gasteiger partial charge in [0.2, 0.25) is 0 Å². The summed E-state index contributed by atoms with van der Waals surface area (Å²) in [7, 11) is 0. The van der Waals surface area contributed by atoms with Gasteiger partial charge in [0.1, 0.15) is 17.4 Å². The first kappa shape index (κ1) is 48.2. The molecule has 2 saturated heterocycles. The van der Waals surface area contributed by atoms with Gasteiger partial charge in [-0.2, -0.15) is 0 Å². The molecular formula is C49H61ClO16. The van der Waals surface area contributed by atoms with E-state index < -0.39 is 114 Å². The van der Waals surface area contributed by atoms with Crippen LogP contribution in [0.5, 0.6) is 5.75 Å². The number of hydrogen-bond acceptors (Lipinski definition) is 15. The smallest absolute Gasteiger partial charge is 0.379 e. The maximum absolute atomic E-state index is 14.7. The Labute approximate surface area is 388 Å². The van der Waals surface area contributed by atoms with Crippen molar-refractivity contribution < 1.29 is 77.9 Å². The van der Waals surface area contributed by atoms with Gasteiger partial charge in [-0.15, -0.1) is 0 Å². The van der Waals surface area contributed by atoms with Crippen molar-refractivity contribution in [2.24, 2.45) is 35.0 Å². The topological polar surface area (TPSA) is 234 Å².